The first-order valence-corrected chi connectivity index (χ1v) is 4.58. The van der Waals surface area contributed by atoms with Crippen molar-refractivity contribution in [2.45, 2.75) is 20.3 Å². The summed E-state index contributed by atoms with van der Waals surface area (Å²) in [7, 11) is 1.74. The number of aryl methyl sites for hydroxylation is 1. The number of hydrogen-bond acceptors (Lipinski definition) is 3. The van der Waals surface area contributed by atoms with Crippen LogP contribution in [0.25, 0.3) is 0 Å². The van der Waals surface area contributed by atoms with Crippen molar-refractivity contribution in [1.29, 1.82) is 0 Å². The average Bonchev–Trinajstić information content (AvgIpc) is 2.34. The summed E-state index contributed by atoms with van der Waals surface area (Å²) >= 11 is 0. The van der Waals surface area contributed by atoms with E-state index in [2.05, 4.69) is 10.4 Å². The minimum Gasteiger partial charge on any atom is -0.394 e. The Hall–Kier alpha value is -1.52. The maximum absolute atomic E-state index is 11.4. The van der Waals surface area contributed by atoms with Gasteiger partial charge in [-0.1, -0.05) is 13.8 Å². The first-order valence-electron chi connectivity index (χ1n) is 4.58. The normalized spacial score (nSPS) is 10.6. The van der Waals surface area contributed by atoms with Gasteiger partial charge in [0, 0.05) is 13.5 Å². The predicted molar refractivity (Wildman–Crippen MR) is 55.7 cm³/mol. The van der Waals surface area contributed by atoms with Crippen LogP contribution < -0.4 is 11.1 Å². The zero-order valence-electron chi connectivity index (χ0n) is 8.74. The smallest absolute Gasteiger partial charge is 0.225 e. The molecule has 1 rings (SSSR count). The van der Waals surface area contributed by atoms with Gasteiger partial charge < -0.3 is 11.1 Å². The molecular formula is C9H16N4O. The highest BCUT2D eigenvalue weighted by Gasteiger charge is 2.10. The molecule has 0 aliphatic carbocycles. The van der Waals surface area contributed by atoms with Gasteiger partial charge in [0.15, 0.2) is 5.82 Å². The minimum absolute atomic E-state index is 0.0321. The lowest BCUT2D eigenvalue weighted by molar-refractivity contribution is -0.116. The monoisotopic (exact) mass is 196 g/mol. The lowest BCUT2D eigenvalue weighted by Gasteiger charge is -2.07. The molecule has 0 radical (unpaired) electrons. The van der Waals surface area contributed by atoms with E-state index in [4.69, 9.17) is 5.73 Å². The zero-order chi connectivity index (χ0) is 10.7. The van der Waals surface area contributed by atoms with Gasteiger partial charge in [-0.15, -0.1) is 0 Å². The lowest BCUT2D eigenvalue weighted by Crippen LogP contribution is -2.17. The fourth-order valence-corrected chi connectivity index (χ4v) is 1.16. The van der Waals surface area contributed by atoms with E-state index in [-0.39, 0.29) is 5.91 Å². The molecule has 0 atom stereocenters. The molecule has 1 heterocycles. The highest BCUT2D eigenvalue weighted by molar-refractivity contribution is 5.92. The standard InChI is InChI=1S/C9H16N4O/c1-6(2)4-8(14)12-9-7(10)5-11-13(9)3/h5-6H,4,10H2,1-3H3,(H,12,14). The number of nitrogens with two attached hydrogens (primary N) is 1. The van der Waals surface area contributed by atoms with Gasteiger partial charge in [-0.25, -0.2) is 0 Å². The van der Waals surface area contributed by atoms with Crippen LogP contribution >= 0.6 is 0 Å². The van der Waals surface area contributed by atoms with Gasteiger partial charge in [0.2, 0.25) is 5.91 Å². The number of aromatic nitrogens is 2. The van der Waals surface area contributed by atoms with Crippen molar-refractivity contribution in [2.24, 2.45) is 13.0 Å². The van der Waals surface area contributed by atoms with Crippen LogP contribution in [0.1, 0.15) is 20.3 Å². The number of amides is 1. The van der Waals surface area contributed by atoms with Crippen LogP contribution in [0.5, 0.6) is 0 Å². The molecule has 0 aromatic carbocycles. The molecule has 0 saturated heterocycles. The van der Waals surface area contributed by atoms with Gasteiger partial charge >= 0.3 is 0 Å². The molecule has 1 aromatic heterocycles. The van der Waals surface area contributed by atoms with E-state index in [1.807, 2.05) is 13.8 Å². The summed E-state index contributed by atoms with van der Waals surface area (Å²) in [5.74, 6) is 0.871. The molecule has 0 bridgehead atoms. The van der Waals surface area contributed by atoms with Crippen LogP contribution in [-0.2, 0) is 11.8 Å². The van der Waals surface area contributed by atoms with E-state index in [0.717, 1.165) is 0 Å². The largest absolute Gasteiger partial charge is 0.394 e. The summed E-state index contributed by atoms with van der Waals surface area (Å²) in [5.41, 5.74) is 6.11. The fourth-order valence-electron chi connectivity index (χ4n) is 1.16. The number of carbonyl (C=O) groups excluding carboxylic acids is 1. The summed E-state index contributed by atoms with van der Waals surface area (Å²) in [5, 5.41) is 6.65. The number of carbonyl (C=O) groups is 1. The topological polar surface area (TPSA) is 72.9 Å². The summed E-state index contributed by atoms with van der Waals surface area (Å²) in [6.45, 7) is 3.98. The number of nitrogen functional groups attached to an aromatic ring is 1. The number of hydrogen-bond donors (Lipinski definition) is 2. The quantitative estimate of drug-likeness (QED) is 0.757. The molecule has 0 aliphatic rings. The van der Waals surface area contributed by atoms with Crippen molar-refractivity contribution in [1.82, 2.24) is 9.78 Å². The molecule has 0 fully saturated rings. The second-order valence-electron chi connectivity index (χ2n) is 3.72. The van der Waals surface area contributed by atoms with Crippen LogP contribution in [0.2, 0.25) is 0 Å². The molecule has 1 aromatic rings. The Balaban J connectivity index is 2.64. The van der Waals surface area contributed by atoms with Gasteiger partial charge in [-0.05, 0) is 5.92 Å². The second-order valence-corrected chi connectivity index (χ2v) is 3.72. The van der Waals surface area contributed by atoms with Gasteiger partial charge in [-0.3, -0.25) is 9.48 Å². The molecule has 0 unspecified atom stereocenters. The van der Waals surface area contributed by atoms with Crippen LogP contribution in [0.3, 0.4) is 0 Å². The van der Waals surface area contributed by atoms with E-state index in [9.17, 15) is 4.79 Å². The van der Waals surface area contributed by atoms with E-state index in [1.54, 1.807) is 11.7 Å². The van der Waals surface area contributed by atoms with Crippen molar-refractivity contribution in [3.05, 3.63) is 6.20 Å². The Morgan fingerprint density at radius 3 is 2.79 bits per heavy atom. The molecule has 5 heteroatoms. The third-order valence-corrected chi connectivity index (χ3v) is 1.82. The highest BCUT2D eigenvalue weighted by Crippen LogP contribution is 2.16. The first-order chi connectivity index (χ1) is 6.50. The summed E-state index contributed by atoms with van der Waals surface area (Å²) in [6, 6.07) is 0. The Bertz CT molecular complexity index is 310. The number of anilines is 2. The molecular weight excluding hydrogens is 180 g/mol. The maximum atomic E-state index is 11.4. The van der Waals surface area contributed by atoms with Crippen LogP contribution in [-0.4, -0.2) is 15.7 Å². The number of nitrogens with one attached hydrogen (secondary N) is 1. The first kappa shape index (κ1) is 10.6. The SMILES string of the molecule is CC(C)CC(=O)Nc1c(N)cnn1C. The van der Waals surface area contributed by atoms with E-state index in [0.29, 0.717) is 23.8 Å². The second kappa shape index (κ2) is 4.13. The maximum Gasteiger partial charge on any atom is 0.225 e. The lowest BCUT2D eigenvalue weighted by atomic mass is 10.1. The van der Waals surface area contributed by atoms with Crippen molar-refractivity contribution in [3.63, 3.8) is 0 Å². The fraction of sp³-hybridized carbons (Fsp3) is 0.556. The van der Waals surface area contributed by atoms with Gasteiger partial charge in [0.05, 0.1) is 11.9 Å². The Kier molecular flexibility index (Phi) is 3.11. The summed E-state index contributed by atoms with van der Waals surface area (Å²) < 4.78 is 1.55. The molecule has 0 aliphatic heterocycles. The zero-order valence-corrected chi connectivity index (χ0v) is 8.74. The van der Waals surface area contributed by atoms with Gasteiger partial charge in [0.25, 0.3) is 0 Å². The van der Waals surface area contributed by atoms with Crippen molar-refractivity contribution in [2.75, 3.05) is 11.1 Å². The summed E-state index contributed by atoms with van der Waals surface area (Å²) in [6.07, 6.45) is 2.01. The summed E-state index contributed by atoms with van der Waals surface area (Å²) in [4.78, 5) is 11.4. The van der Waals surface area contributed by atoms with Crippen molar-refractivity contribution >= 4 is 17.4 Å². The van der Waals surface area contributed by atoms with E-state index in [1.165, 1.54) is 6.20 Å². The van der Waals surface area contributed by atoms with Crippen LogP contribution in [0.15, 0.2) is 6.20 Å². The predicted octanol–water partition coefficient (Wildman–Crippen LogP) is 0.987. The molecule has 0 spiro atoms. The van der Waals surface area contributed by atoms with Crippen LogP contribution in [0.4, 0.5) is 11.5 Å². The molecule has 1 amide bonds. The molecule has 0 saturated carbocycles. The molecule has 78 valence electrons. The Morgan fingerprint density at radius 1 is 1.71 bits per heavy atom. The van der Waals surface area contributed by atoms with Crippen LogP contribution in [0, 0.1) is 5.92 Å². The number of rotatable bonds is 3. The Morgan fingerprint density at radius 2 is 2.36 bits per heavy atom. The third kappa shape index (κ3) is 2.48. The Labute approximate surface area is 83.3 Å². The third-order valence-electron chi connectivity index (χ3n) is 1.82. The van der Waals surface area contributed by atoms with E-state index < -0.39 is 0 Å². The van der Waals surface area contributed by atoms with Crippen molar-refractivity contribution in [3.8, 4) is 0 Å². The van der Waals surface area contributed by atoms with E-state index >= 15 is 0 Å². The highest BCUT2D eigenvalue weighted by atomic mass is 16.1. The van der Waals surface area contributed by atoms with Gasteiger partial charge in [0.1, 0.15) is 0 Å². The number of nitrogens with zero attached hydrogens (tertiary/aromatic N) is 2. The minimum atomic E-state index is -0.0321. The molecule has 3 N–H and O–H groups in total. The van der Waals surface area contributed by atoms with Gasteiger partial charge in [-0.2, -0.15) is 5.10 Å². The van der Waals surface area contributed by atoms with Crippen molar-refractivity contribution < 1.29 is 4.79 Å². The average molecular weight is 196 g/mol. The molecule has 5 nitrogen and oxygen atoms in total. The molecule has 14 heavy (non-hydrogen) atoms.